The van der Waals surface area contributed by atoms with E-state index in [2.05, 4.69) is 59.5 Å². The van der Waals surface area contributed by atoms with Gasteiger partial charge in [-0.3, -0.25) is 4.99 Å². The van der Waals surface area contributed by atoms with Gasteiger partial charge >= 0.3 is 0 Å². The molecular weight excluding hydrogens is 266 g/mol. The summed E-state index contributed by atoms with van der Waals surface area (Å²) in [7, 11) is 0. The summed E-state index contributed by atoms with van der Waals surface area (Å²) in [4.78, 5) is 7.98. The van der Waals surface area contributed by atoms with E-state index in [1.165, 1.54) is 21.6 Å². The van der Waals surface area contributed by atoms with Crippen LogP contribution in [-0.2, 0) is 6.54 Å². The van der Waals surface area contributed by atoms with Crippen molar-refractivity contribution >= 4 is 17.3 Å². The number of aliphatic imine (C=N–C) groups is 1. The second-order valence-electron chi connectivity index (χ2n) is 5.28. The molecule has 2 N–H and O–H groups in total. The molecule has 0 radical (unpaired) electrons. The van der Waals surface area contributed by atoms with E-state index in [1.807, 2.05) is 0 Å². The monoisotopic (exact) mass is 285 g/mol. The van der Waals surface area contributed by atoms with E-state index in [1.54, 1.807) is 11.3 Å². The van der Waals surface area contributed by atoms with Crippen LogP contribution in [0, 0.1) is 13.8 Å². The Bertz CT molecular complexity index is 631. The molecular formula is C16H19N3S. The molecule has 0 fully saturated rings. The Labute approximate surface area is 123 Å². The van der Waals surface area contributed by atoms with E-state index < -0.39 is 0 Å². The molecule has 0 amide bonds. The molecule has 0 bridgehead atoms. The van der Waals surface area contributed by atoms with Gasteiger partial charge in [0.2, 0.25) is 0 Å². The molecule has 104 valence electrons. The summed E-state index contributed by atoms with van der Waals surface area (Å²) < 4.78 is 0. The van der Waals surface area contributed by atoms with Crippen molar-refractivity contribution in [2.75, 3.05) is 6.54 Å². The lowest BCUT2D eigenvalue weighted by atomic mass is 9.98. The second-order valence-corrected chi connectivity index (χ2v) is 6.31. The maximum absolute atomic E-state index is 6.08. The van der Waals surface area contributed by atoms with E-state index in [0.29, 0.717) is 5.96 Å². The Kier molecular flexibility index (Phi) is 3.49. The van der Waals surface area contributed by atoms with Gasteiger partial charge in [0.05, 0.1) is 19.1 Å². The molecule has 0 saturated carbocycles. The van der Waals surface area contributed by atoms with Gasteiger partial charge in [0.1, 0.15) is 0 Å². The van der Waals surface area contributed by atoms with Crippen LogP contribution in [0.25, 0.3) is 0 Å². The lowest BCUT2D eigenvalue weighted by Crippen LogP contribution is -2.35. The first-order chi connectivity index (χ1) is 9.65. The fourth-order valence-corrected chi connectivity index (χ4v) is 3.46. The zero-order valence-corrected chi connectivity index (χ0v) is 12.7. The van der Waals surface area contributed by atoms with Gasteiger partial charge in [0.25, 0.3) is 0 Å². The molecule has 4 heteroatoms. The Morgan fingerprint density at radius 3 is 2.90 bits per heavy atom. The first-order valence-corrected chi connectivity index (χ1v) is 7.69. The summed E-state index contributed by atoms with van der Waals surface area (Å²) in [6, 6.07) is 11.1. The van der Waals surface area contributed by atoms with Crippen LogP contribution in [0.3, 0.4) is 0 Å². The van der Waals surface area contributed by atoms with Crippen LogP contribution in [0.5, 0.6) is 0 Å². The van der Waals surface area contributed by atoms with Crippen LogP contribution in [0.15, 0.2) is 40.7 Å². The minimum Gasteiger partial charge on any atom is -0.370 e. The number of benzene rings is 1. The van der Waals surface area contributed by atoms with Gasteiger partial charge in [-0.1, -0.05) is 29.8 Å². The molecule has 20 heavy (non-hydrogen) atoms. The van der Waals surface area contributed by atoms with E-state index in [9.17, 15) is 0 Å². The fourth-order valence-electron chi connectivity index (χ4n) is 2.76. The van der Waals surface area contributed by atoms with Crippen molar-refractivity contribution in [3.05, 3.63) is 57.3 Å². The lowest BCUT2D eigenvalue weighted by molar-refractivity contribution is 0.342. The van der Waals surface area contributed by atoms with E-state index in [-0.39, 0.29) is 6.04 Å². The Hall–Kier alpha value is -1.81. The quantitative estimate of drug-likeness (QED) is 0.940. The van der Waals surface area contributed by atoms with Crippen LogP contribution >= 0.6 is 11.3 Å². The fraction of sp³-hybridized carbons (Fsp3) is 0.312. The smallest absolute Gasteiger partial charge is 0.192 e. The highest BCUT2D eigenvalue weighted by Gasteiger charge is 2.28. The van der Waals surface area contributed by atoms with Gasteiger partial charge < -0.3 is 10.6 Å². The topological polar surface area (TPSA) is 41.6 Å². The van der Waals surface area contributed by atoms with Gasteiger partial charge in [-0.15, -0.1) is 11.3 Å². The molecule has 1 unspecified atom stereocenters. The first kappa shape index (κ1) is 13.2. The zero-order chi connectivity index (χ0) is 14.1. The van der Waals surface area contributed by atoms with Gasteiger partial charge in [-0.2, -0.15) is 0 Å². The van der Waals surface area contributed by atoms with E-state index in [4.69, 9.17) is 5.73 Å². The van der Waals surface area contributed by atoms with Crippen molar-refractivity contribution in [2.24, 2.45) is 10.7 Å². The lowest BCUT2D eigenvalue weighted by Gasteiger charge is -2.27. The standard InChI is InChI=1S/C16H19N3S/c1-11-5-6-14(12(2)8-11)15-9-18-16(17)19(15)10-13-4-3-7-20-13/h3-8,15H,9-10H2,1-2H3,(H2,17,18). The molecule has 0 aliphatic carbocycles. The van der Waals surface area contributed by atoms with Gasteiger partial charge in [0, 0.05) is 4.88 Å². The van der Waals surface area contributed by atoms with Crippen molar-refractivity contribution in [3.63, 3.8) is 0 Å². The Balaban J connectivity index is 1.88. The number of hydrogen-bond acceptors (Lipinski definition) is 4. The third-order valence-electron chi connectivity index (χ3n) is 3.79. The summed E-state index contributed by atoms with van der Waals surface area (Å²) in [5, 5.41) is 2.10. The van der Waals surface area contributed by atoms with Crippen LogP contribution in [0.4, 0.5) is 0 Å². The molecule has 1 aromatic carbocycles. The maximum atomic E-state index is 6.08. The number of nitrogens with two attached hydrogens (primary N) is 1. The minimum absolute atomic E-state index is 0.262. The predicted octanol–water partition coefficient (Wildman–Crippen LogP) is 3.24. The molecule has 1 atom stereocenters. The van der Waals surface area contributed by atoms with Crippen molar-refractivity contribution in [2.45, 2.75) is 26.4 Å². The average Bonchev–Trinajstić information content (AvgIpc) is 3.03. The third-order valence-corrected chi connectivity index (χ3v) is 4.65. The van der Waals surface area contributed by atoms with Crippen LogP contribution in [-0.4, -0.2) is 17.4 Å². The maximum Gasteiger partial charge on any atom is 0.192 e. The summed E-state index contributed by atoms with van der Waals surface area (Å²) in [5.74, 6) is 0.656. The number of nitrogens with zero attached hydrogens (tertiary/aromatic N) is 2. The number of thiophene rings is 1. The van der Waals surface area contributed by atoms with Crippen LogP contribution < -0.4 is 5.73 Å². The highest BCUT2D eigenvalue weighted by atomic mass is 32.1. The molecule has 2 heterocycles. The molecule has 0 saturated heterocycles. The summed E-state index contributed by atoms with van der Waals surface area (Å²) in [6.45, 7) is 5.88. The van der Waals surface area contributed by atoms with E-state index in [0.717, 1.165) is 13.1 Å². The minimum atomic E-state index is 0.262. The summed E-state index contributed by atoms with van der Waals surface area (Å²) in [6.07, 6.45) is 0. The van der Waals surface area contributed by atoms with Crippen molar-refractivity contribution in [1.29, 1.82) is 0 Å². The second kappa shape index (κ2) is 5.29. The average molecular weight is 285 g/mol. The zero-order valence-electron chi connectivity index (χ0n) is 11.8. The van der Waals surface area contributed by atoms with Gasteiger partial charge in [-0.25, -0.2) is 0 Å². The molecule has 0 spiro atoms. The van der Waals surface area contributed by atoms with Crippen molar-refractivity contribution < 1.29 is 0 Å². The molecule has 1 aromatic heterocycles. The molecule has 3 nitrogen and oxygen atoms in total. The van der Waals surface area contributed by atoms with Crippen LogP contribution in [0.1, 0.15) is 27.6 Å². The Morgan fingerprint density at radius 1 is 1.35 bits per heavy atom. The SMILES string of the molecule is Cc1ccc(C2CN=C(N)N2Cc2cccs2)c(C)c1. The predicted molar refractivity (Wildman–Crippen MR) is 85.0 cm³/mol. The van der Waals surface area contributed by atoms with Gasteiger partial charge in [-0.05, 0) is 36.4 Å². The van der Waals surface area contributed by atoms with Crippen molar-refractivity contribution in [3.8, 4) is 0 Å². The Morgan fingerprint density at radius 2 is 2.20 bits per heavy atom. The number of aryl methyl sites for hydroxylation is 2. The van der Waals surface area contributed by atoms with E-state index >= 15 is 0 Å². The highest BCUT2D eigenvalue weighted by molar-refractivity contribution is 7.09. The molecule has 1 aliphatic heterocycles. The highest BCUT2D eigenvalue weighted by Crippen LogP contribution is 2.30. The summed E-state index contributed by atoms with van der Waals surface area (Å²) >= 11 is 1.76. The number of hydrogen-bond donors (Lipinski definition) is 1. The van der Waals surface area contributed by atoms with Gasteiger partial charge in [0.15, 0.2) is 5.96 Å². The third kappa shape index (κ3) is 2.43. The number of guanidine groups is 1. The van der Waals surface area contributed by atoms with Crippen molar-refractivity contribution in [1.82, 2.24) is 4.90 Å². The van der Waals surface area contributed by atoms with Crippen LogP contribution in [0.2, 0.25) is 0 Å². The normalized spacial score (nSPS) is 18.4. The summed E-state index contributed by atoms with van der Waals surface area (Å²) in [5.41, 5.74) is 10.0. The first-order valence-electron chi connectivity index (χ1n) is 6.81. The molecule has 1 aliphatic rings. The molecule has 3 rings (SSSR count). The largest absolute Gasteiger partial charge is 0.370 e. The molecule has 2 aromatic rings. The number of rotatable bonds is 3.